The van der Waals surface area contributed by atoms with Gasteiger partial charge in [0.15, 0.2) is 11.7 Å². The molecule has 1 unspecified atom stereocenters. The fourth-order valence-electron chi connectivity index (χ4n) is 2.12. The second-order valence-corrected chi connectivity index (χ2v) is 5.47. The first-order valence-corrected chi connectivity index (χ1v) is 6.59. The minimum atomic E-state index is -1.26. The number of rotatable bonds is 3. The third-order valence-corrected chi connectivity index (χ3v) is 3.85. The van der Waals surface area contributed by atoms with E-state index in [0.717, 1.165) is 0 Å². The van der Waals surface area contributed by atoms with Crippen LogP contribution in [-0.2, 0) is 14.3 Å². The molecule has 1 aliphatic heterocycles. The molecule has 108 valence electrons. The molecule has 3 atom stereocenters. The highest BCUT2D eigenvalue weighted by Gasteiger charge is 2.51. The van der Waals surface area contributed by atoms with Gasteiger partial charge in [-0.3, -0.25) is 0 Å². The van der Waals surface area contributed by atoms with Crippen molar-refractivity contribution in [1.82, 2.24) is 0 Å². The Labute approximate surface area is 121 Å². The Morgan fingerprint density at radius 2 is 2.00 bits per heavy atom. The molecule has 1 aromatic carbocycles. The van der Waals surface area contributed by atoms with E-state index in [1.807, 2.05) is 0 Å². The molecule has 0 aromatic heterocycles. The smallest absolute Gasteiger partial charge is 0.343 e. The Balaban J connectivity index is 2.12. The monoisotopic (exact) mass is 298 g/mol. The van der Waals surface area contributed by atoms with Gasteiger partial charge in [-0.15, -0.1) is 0 Å². The van der Waals surface area contributed by atoms with Gasteiger partial charge in [-0.05, 0) is 43.5 Å². The molecule has 1 N–H and O–H groups in total. The van der Waals surface area contributed by atoms with Gasteiger partial charge in [-0.25, -0.2) is 9.59 Å². The molecule has 5 nitrogen and oxygen atoms in total. The van der Waals surface area contributed by atoms with Crippen molar-refractivity contribution in [2.45, 2.75) is 32.0 Å². The number of carbonyl (C=O) groups excluding carboxylic acids is 1. The zero-order valence-corrected chi connectivity index (χ0v) is 11.9. The van der Waals surface area contributed by atoms with E-state index >= 15 is 0 Å². The van der Waals surface area contributed by atoms with E-state index in [9.17, 15) is 9.59 Å². The van der Waals surface area contributed by atoms with Crippen LogP contribution < -0.4 is 4.74 Å². The number of hydrogen-bond acceptors (Lipinski definition) is 4. The van der Waals surface area contributed by atoms with Gasteiger partial charge in [-0.2, -0.15) is 0 Å². The summed E-state index contributed by atoms with van der Waals surface area (Å²) in [5.41, 5.74) is -1.26. The van der Waals surface area contributed by atoms with E-state index in [1.54, 1.807) is 38.1 Å². The van der Waals surface area contributed by atoms with E-state index in [2.05, 4.69) is 0 Å². The van der Waals surface area contributed by atoms with Crippen LogP contribution >= 0.6 is 11.6 Å². The molecule has 1 saturated heterocycles. The van der Waals surface area contributed by atoms with Crippen molar-refractivity contribution in [1.29, 1.82) is 0 Å². The molecule has 1 aromatic rings. The van der Waals surface area contributed by atoms with Crippen molar-refractivity contribution in [3.8, 4) is 5.75 Å². The molecule has 0 amide bonds. The molecule has 0 saturated carbocycles. The van der Waals surface area contributed by atoms with Crippen LogP contribution in [0.25, 0.3) is 0 Å². The van der Waals surface area contributed by atoms with E-state index in [0.29, 0.717) is 10.8 Å². The summed E-state index contributed by atoms with van der Waals surface area (Å²) in [5.74, 6) is -1.57. The van der Waals surface area contributed by atoms with Crippen molar-refractivity contribution in [3.63, 3.8) is 0 Å². The highest BCUT2D eigenvalue weighted by Crippen LogP contribution is 2.37. The Kier molecular flexibility index (Phi) is 4.01. The average Bonchev–Trinajstić information content (AvgIpc) is 2.70. The lowest BCUT2D eigenvalue weighted by molar-refractivity contribution is -0.169. The second kappa shape index (κ2) is 5.42. The maximum Gasteiger partial charge on any atom is 0.343 e. The van der Waals surface area contributed by atoms with Gasteiger partial charge in [0.05, 0.1) is 0 Å². The fourth-order valence-corrected chi connectivity index (χ4v) is 2.24. The highest BCUT2D eigenvalue weighted by atomic mass is 35.5. The van der Waals surface area contributed by atoms with Crippen LogP contribution in [0, 0.1) is 5.92 Å². The molecule has 0 aliphatic carbocycles. The van der Waals surface area contributed by atoms with E-state index in [-0.39, 0.29) is 12.3 Å². The molecule has 0 spiro atoms. The minimum Gasteiger partial charge on any atom is -0.479 e. The second-order valence-electron chi connectivity index (χ2n) is 5.03. The number of ether oxygens (including phenoxy) is 2. The van der Waals surface area contributed by atoms with Crippen LogP contribution in [0.4, 0.5) is 0 Å². The Morgan fingerprint density at radius 3 is 2.50 bits per heavy atom. The Morgan fingerprint density at radius 1 is 1.40 bits per heavy atom. The van der Waals surface area contributed by atoms with E-state index in [4.69, 9.17) is 26.2 Å². The minimum absolute atomic E-state index is 0.247. The molecule has 0 bridgehead atoms. The first-order valence-electron chi connectivity index (χ1n) is 6.21. The van der Waals surface area contributed by atoms with Crippen LogP contribution in [0.5, 0.6) is 5.75 Å². The molecule has 20 heavy (non-hydrogen) atoms. The Bertz CT molecular complexity index is 527. The number of carbonyl (C=O) groups is 2. The Hall–Kier alpha value is -1.59. The lowest BCUT2D eigenvalue weighted by Crippen LogP contribution is -2.43. The molecule has 6 heteroatoms. The van der Waals surface area contributed by atoms with Crippen molar-refractivity contribution < 1.29 is 24.2 Å². The topological polar surface area (TPSA) is 72.8 Å². The predicted molar refractivity (Wildman–Crippen MR) is 71.8 cm³/mol. The van der Waals surface area contributed by atoms with Gasteiger partial charge in [0.1, 0.15) is 5.75 Å². The number of halogens is 1. The summed E-state index contributed by atoms with van der Waals surface area (Å²) >= 11 is 5.75. The quantitative estimate of drug-likeness (QED) is 0.685. The number of benzene rings is 1. The average molecular weight is 299 g/mol. The summed E-state index contributed by atoms with van der Waals surface area (Å²) in [7, 11) is 0. The molecule has 0 radical (unpaired) electrons. The van der Waals surface area contributed by atoms with E-state index < -0.39 is 23.6 Å². The number of carboxylic acid groups (broad SMARTS) is 1. The maximum atomic E-state index is 12.2. The molecular formula is C14H15ClO5. The number of hydrogen-bond donors (Lipinski definition) is 1. The molecule has 1 aliphatic rings. The van der Waals surface area contributed by atoms with Crippen LogP contribution in [-0.4, -0.2) is 28.8 Å². The molecular weight excluding hydrogens is 284 g/mol. The summed E-state index contributed by atoms with van der Waals surface area (Å²) in [5, 5.41) is 9.51. The van der Waals surface area contributed by atoms with Gasteiger partial charge < -0.3 is 14.6 Å². The zero-order chi connectivity index (χ0) is 14.9. The lowest BCUT2D eigenvalue weighted by atomic mass is 9.90. The number of aliphatic carboxylic acids is 1. The summed E-state index contributed by atoms with van der Waals surface area (Å²) in [4.78, 5) is 23.2. The van der Waals surface area contributed by atoms with Gasteiger partial charge in [0, 0.05) is 5.02 Å². The van der Waals surface area contributed by atoms with Gasteiger partial charge in [0.25, 0.3) is 0 Å². The third kappa shape index (κ3) is 2.78. The lowest BCUT2D eigenvalue weighted by Gasteiger charge is -2.25. The molecule has 1 fully saturated rings. The van der Waals surface area contributed by atoms with Crippen molar-refractivity contribution >= 4 is 23.5 Å². The number of carboxylic acids is 1. The van der Waals surface area contributed by atoms with Crippen molar-refractivity contribution in [3.05, 3.63) is 29.3 Å². The summed E-state index contributed by atoms with van der Waals surface area (Å²) in [6, 6.07) is 6.34. The van der Waals surface area contributed by atoms with Crippen molar-refractivity contribution in [2.75, 3.05) is 0 Å². The van der Waals surface area contributed by atoms with E-state index in [1.165, 1.54) is 0 Å². The first kappa shape index (κ1) is 14.8. The van der Waals surface area contributed by atoms with Crippen LogP contribution in [0.1, 0.15) is 20.3 Å². The van der Waals surface area contributed by atoms with Gasteiger partial charge in [-0.1, -0.05) is 18.5 Å². The molecule has 2 rings (SSSR count). The fraction of sp³-hybridized carbons (Fsp3) is 0.429. The van der Waals surface area contributed by atoms with Crippen LogP contribution in [0.15, 0.2) is 24.3 Å². The number of esters is 1. The van der Waals surface area contributed by atoms with Gasteiger partial charge in [0.2, 0.25) is 0 Å². The normalized spacial score (nSPS) is 29.1. The van der Waals surface area contributed by atoms with Crippen molar-refractivity contribution in [2.24, 2.45) is 5.92 Å². The highest BCUT2D eigenvalue weighted by molar-refractivity contribution is 6.30. The largest absolute Gasteiger partial charge is 0.479 e. The SMILES string of the molecule is C[C@@H]1CC(C(=O)O)O[C@]1(C)C(=O)Oc1ccc(Cl)cc1. The molecule has 1 heterocycles. The third-order valence-electron chi connectivity index (χ3n) is 3.60. The zero-order valence-electron chi connectivity index (χ0n) is 11.1. The van der Waals surface area contributed by atoms with Crippen LogP contribution in [0.2, 0.25) is 5.02 Å². The van der Waals surface area contributed by atoms with Gasteiger partial charge >= 0.3 is 11.9 Å². The standard InChI is InChI=1S/C14H15ClO5/c1-8-7-11(12(16)17)20-14(8,2)13(18)19-10-5-3-9(15)4-6-10/h3-6,8,11H,7H2,1-2H3,(H,16,17)/t8-,11?,14+/m1/s1. The maximum absolute atomic E-state index is 12.2. The van der Waals surface area contributed by atoms with Crippen LogP contribution in [0.3, 0.4) is 0 Å². The summed E-state index contributed by atoms with van der Waals surface area (Å²) in [6.07, 6.45) is -0.700. The first-order chi connectivity index (χ1) is 9.33. The summed E-state index contributed by atoms with van der Waals surface area (Å²) in [6.45, 7) is 3.32. The summed E-state index contributed by atoms with van der Waals surface area (Å²) < 4.78 is 10.6. The predicted octanol–water partition coefficient (Wildman–Crippen LogP) is 2.51.